The van der Waals surface area contributed by atoms with Crippen LogP contribution >= 0.6 is 0 Å². The molecule has 2 unspecified atom stereocenters. The minimum atomic E-state index is -3.75. The van der Waals surface area contributed by atoms with Gasteiger partial charge in [0.1, 0.15) is 0 Å². The van der Waals surface area contributed by atoms with E-state index in [4.69, 9.17) is 0 Å². The van der Waals surface area contributed by atoms with Crippen molar-refractivity contribution < 1.29 is 13.3 Å². The molecule has 0 radical (unpaired) electrons. The normalized spacial score (nSPS) is 21.3. The number of nitrogens with one attached hydrogen (secondary N) is 2. The Kier molecular flexibility index (Phi) is 4.94. The predicted molar refractivity (Wildman–Crippen MR) is 123 cm³/mol. The molecule has 3 atom stereocenters. The van der Waals surface area contributed by atoms with Gasteiger partial charge in [-0.15, -0.1) is 0 Å². The lowest BCUT2D eigenvalue weighted by Gasteiger charge is -2.37. The highest BCUT2D eigenvalue weighted by Crippen LogP contribution is 2.51. The van der Waals surface area contributed by atoms with Crippen LogP contribution in [0.5, 0.6) is 0 Å². The standard InChI is InChI=1S/C24H21N3O4S/c28-27(29)23-12-5-4-9-20(23)24-19-11-6-10-18(19)21-15-17(13-14-22(21)25-24)32(30,31)26-16-7-2-1-3-8-16/h1-10,12-15,18-19,24-26H,11H2/t18?,19?,24-/m0/s1. The molecule has 7 nitrogen and oxygen atoms in total. The summed E-state index contributed by atoms with van der Waals surface area (Å²) in [5.74, 6) is 0.0339. The molecule has 0 amide bonds. The van der Waals surface area contributed by atoms with Gasteiger partial charge in [0.2, 0.25) is 0 Å². The van der Waals surface area contributed by atoms with E-state index in [-0.39, 0.29) is 33.4 Å². The van der Waals surface area contributed by atoms with Gasteiger partial charge in [-0.3, -0.25) is 14.8 Å². The Morgan fingerprint density at radius 2 is 1.72 bits per heavy atom. The number of hydrogen-bond acceptors (Lipinski definition) is 5. The highest BCUT2D eigenvalue weighted by molar-refractivity contribution is 7.92. The van der Waals surface area contributed by atoms with E-state index in [0.29, 0.717) is 11.3 Å². The number of nitro benzene ring substituents is 1. The van der Waals surface area contributed by atoms with Crippen molar-refractivity contribution in [1.29, 1.82) is 0 Å². The van der Waals surface area contributed by atoms with Crippen LogP contribution in [0.4, 0.5) is 17.1 Å². The molecule has 0 spiro atoms. The monoisotopic (exact) mass is 447 g/mol. The van der Waals surface area contributed by atoms with Crippen LogP contribution in [0.25, 0.3) is 0 Å². The van der Waals surface area contributed by atoms with Crippen molar-refractivity contribution >= 4 is 27.1 Å². The summed E-state index contributed by atoms with van der Waals surface area (Å²) < 4.78 is 28.5. The second-order valence-electron chi connectivity index (χ2n) is 8.01. The molecule has 1 heterocycles. The Labute approximate surface area is 186 Å². The van der Waals surface area contributed by atoms with Gasteiger partial charge in [0.25, 0.3) is 15.7 Å². The molecule has 0 saturated carbocycles. The predicted octanol–water partition coefficient (Wildman–Crippen LogP) is 5.22. The van der Waals surface area contributed by atoms with Gasteiger partial charge in [0.15, 0.2) is 0 Å². The summed E-state index contributed by atoms with van der Waals surface area (Å²) in [4.78, 5) is 11.4. The van der Waals surface area contributed by atoms with Crippen LogP contribution in [-0.2, 0) is 10.0 Å². The Morgan fingerprint density at radius 1 is 0.969 bits per heavy atom. The third-order valence-corrected chi connectivity index (χ3v) is 7.52. The minimum Gasteiger partial charge on any atom is -0.377 e. The average molecular weight is 448 g/mol. The molecule has 2 N–H and O–H groups in total. The zero-order valence-electron chi connectivity index (χ0n) is 17.0. The molecule has 1 aliphatic carbocycles. The summed E-state index contributed by atoms with van der Waals surface area (Å²) in [5.41, 5.74) is 2.90. The van der Waals surface area contributed by atoms with Crippen LogP contribution in [0.2, 0.25) is 0 Å². The number of nitro groups is 1. The average Bonchev–Trinajstić information content (AvgIpc) is 3.29. The molecule has 32 heavy (non-hydrogen) atoms. The second-order valence-corrected chi connectivity index (χ2v) is 9.69. The molecule has 8 heteroatoms. The van der Waals surface area contributed by atoms with Gasteiger partial charge in [-0.2, -0.15) is 0 Å². The maximum absolute atomic E-state index is 13.0. The third-order valence-electron chi connectivity index (χ3n) is 6.14. The minimum absolute atomic E-state index is 0.0251. The lowest BCUT2D eigenvalue weighted by Crippen LogP contribution is -2.30. The van der Waals surface area contributed by atoms with Crippen molar-refractivity contribution in [1.82, 2.24) is 0 Å². The smallest absolute Gasteiger partial charge is 0.274 e. The molecule has 0 aromatic heterocycles. The first-order valence-corrected chi connectivity index (χ1v) is 11.8. The summed E-state index contributed by atoms with van der Waals surface area (Å²) in [7, 11) is -3.75. The first kappa shape index (κ1) is 20.3. The van der Waals surface area contributed by atoms with Gasteiger partial charge < -0.3 is 5.32 Å². The third kappa shape index (κ3) is 3.52. The van der Waals surface area contributed by atoms with Crippen LogP contribution in [0.3, 0.4) is 0 Å². The van der Waals surface area contributed by atoms with Gasteiger partial charge in [0.05, 0.1) is 21.4 Å². The van der Waals surface area contributed by atoms with Gasteiger partial charge in [-0.05, 0) is 48.2 Å². The highest BCUT2D eigenvalue weighted by Gasteiger charge is 2.40. The molecule has 3 aromatic rings. The highest BCUT2D eigenvalue weighted by atomic mass is 32.2. The van der Waals surface area contributed by atoms with Gasteiger partial charge >= 0.3 is 0 Å². The zero-order chi connectivity index (χ0) is 22.3. The number of sulfonamides is 1. The Morgan fingerprint density at radius 3 is 2.50 bits per heavy atom. The Balaban J connectivity index is 1.52. The number of benzene rings is 3. The summed E-state index contributed by atoms with van der Waals surface area (Å²) in [5, 5.41) is 15.0. The summed E-state index contributed by atoms with van der Waals surface area (Å²) in [6.07, 6.45) is 4.90. The fourth-order valence-corrected chi connectivity index (χ4v) is 5.78. The van der Waals surface area contributed by atoms with Crippen LogP contribution in [0, 0.1) is 16.0 Å². The largest absolute Gasteiger partial charge is 0.377 e. The SMILES string of the molecule is O=[N+]([O-])c1ccccc1[C@H]1Nc2ccc(S(=O)(=O)Nc3ccccc3)cc2C2C=CCC21. The van der Waals surface area contributed by atoms with Crippen molar-refractivity contribution in [3.8, 4) is 0 Å². The fraction of sp³-hybridized carbons (Fsp3) is 0.167. The maximum Gasteiger partial charge on any atom is 0.274 e. The molecule has 0 fully saturated rings. The van der Waals surface area contributed by atoms with E-state index in [2.05, 4.69) is 22.2 Å². The molecular weight excluding hydrogens is 426 g/mol. The number of fused-ring (bicyclic) bond motifs is 3. The molecule has 1 aliphatic heterocycles. The molecule has 5 rings (SSSR count). The van der Waals surface area contributed by atoms with E-state index in [1.807, 2.05) is 12.1 Å². The number of para-hydroxylation sites is 2. The Hall–Kier alpha value is -3.65. The van der Waals surface area contributed by atoms with Crippen LogP contribution in [0.15, 0.2) is 89.8 Å². The molecule has 162 valence electrons. The van der Waals surface area contributed by atoms with E-state index in [1.54, 1.807) is 54.6 Å². The number of hydrogen-bond donors (Lipinski definition) is 2. The van der Waals surface area contributed by atoms with Crippen LogP contribution in [-0.4, -0.2) is 13.3 Å². The summed E-state index contributed by atoms with van der Waals surface area (Å²) >= 11 is 0. The second kappa shape index (κ2) is 7.80. The quantitative estimate of drug-likeness (QED) is 0.317. The van der Waals surface area contributed by atoms with E-state index in [0.717, 1.165) is 17.7 Å². The van der Waals surface area contributed by atoms with Crippen molar-refractivity contribution in [2.75, 3.05) is 10.0 Å². The Bertz CT molecular complexity index is 1320. The zero-order valence-corrected chi connectivity index (χ0v) is 17.8. The van der Waals surface area contributed by atoms with Crippen molar-refractivity contribution in [2.24, 2.45) is 5.92 Å². The fourth-order valence-electron chi connectivity index (χ4n) is 4.68. The topological polar surface area (TPSA) is 101 Å². The lowest BCUT2D eigenvalue weighted by molar-refractivity contribution is -0.385. The number of anilines is 2. The van der Waals surface area contributed by atoms with E-state index < -0.39 is 10.0 Å². The van der Waals surface area contributed by atoms with E-state index >= 15 is 0 Å². The summed E-state index contributed by atoms with van der Waals surface area (Å²) in [6, 6.07) is 20.3. The molecule has 0 saturated heterocycles. The molecule has 2 aliphatic rings. The van der Waals surface area contributed by atoms with E-state index in [9.17, 15) is 18.5 Å². The molecule has 0 bridgehead atoms. The summed E-state index contributed by atoms with van der Waals surface area (Å²) in [6.45, 7) is 0. The van der Waals surface area contributed by atoms with Gasteiger partial charge in [-0.1, -0.05) is 48.6 Å². The number of nitrogens with zero attached hydrogens (tertiary/aromatic N) is 1. The van der Waals surface area contributed by atoms with Crippen molar-refractivity contribution in [3.05, 3.63) is 106 Å². The maximum atomic E-state index is 13.0. The van der Waals surface area contributed by atoms with Gasteiger partial charge in [-0.25, -0.2) is 8.42 Å². The number of allylic oxidation sites excluding steroid dienone is 2. The molecule has 3 aromatic carbocycles. The lowest BCUT2D eigenvalue weighted by atomic mass is 9.76. The van der Waals surface area contributed by atoms with Gasteiger partial charge in [0, 0.05) is 23.4 Å². The van der Waals surface area contributed by atoms with E-state index in [1.165, 1.54) is 6.07 Å². The first-order chi connectivity index (χ1) is 15.4. The number of rotatable bonds is 5. The molecular formula is C24H21N3O4S. The first-order valence-electron chi connectivity index (χ1n) is 10.3. The van der Waals surface area contributed by atoms with Crippen molar-refractivity contribution in [3.63, 3.8) is 0 Å². The van der Waals surface area contributed by atoms with Crippen LogP contribution in [0.1, 0.15) is 29.5 Å². The van der Waals surface area contributed by atoms with Crippen molar-refractivity contribution in [2.45, 2.75) is 23.3 Å². The van der Waals surface area contributed by atoms with Crippen LogP contribution < -0.4 is 10.0 Å².